The number of imide groups is 1. The van der Waals surface area contributed by atoms with Crippen molar-refractivity contribution in [2.45, 2.75) is 0 Å². The Hall–Kier alpha value is -2.55. The second-order valence-corrected chi connectivity index (χ2v) is 1.66. The maximum atomic E-state index is 9.62. The Morgan fingerprint density at radius 3 is 1.40 bits per heavy atom. The molecule has 0 unspecified atom stereocenters. The Labute approximate surface area is 88.5 Å². The molecule has 0 aromatic carbocycles. The van der Waals surface area contributed by atoms with Gasteiger partial charge in [0.15, 0.2) is 0 Å². The fraction of sp³-hybridized carbons (Fsp3) is 0. The smallest absolute Gasteiger partial charge is 0.320 e. The van der Waals surface area contributed by atoms with E-state index in [-0.39, 0.29) is 0 Å². The summed E-state index contributed by atoms with van der Waals surface area (Å²) >= 11 is 0. The third-order valence-corrected chi connectivity index (χ3v) is 0.504. The van der Waals surface area contributed by atoms with Gasteiger partial charge in [0.25, 0.3) is 0 Å². The first kappa shape index (κ1) is 18.3. The van der Waals surface area contributed by atoms with Crippen LogP contribution >= 0.6 is 0 Å². The number of nitrogens with zero attached hydrogens (tertiary/aromatic N) is 1. The van der Waals surface area contributed by atoms with Crippen molar-refractivity contribution in [3.05, 3.63) is 38.0 Å². The Morgan fingerprint density at radius 1 is 1.13 bits per heavy atom. The van der Waals surface area contributed by atoms with Gasteiger partial charge in [-0.1, -0.05) is 31.9 Å². The molecule has 0 aromatic heterocycles. The van der Waals surface area contributed by atoms with Crippen molar-refractivity contribution in [3.8, 4) is 6.07 Å². The molecule has 0 heterocycles. The largest absolute Gasteiger partial charge is 0.351 e. The molecule has 0 spiro atoms. The third-order valence-electron chi connectivity index (χ3n) is 0.504. The maximum absolute atomic E-state index is 9.62. The van der Waals surface area contributed by atoms with E-state index in [0.29, 0.717) is 0 Å². The standard InChI is InChI=1S/C4H6.C3H3N.C2H5N3O2/c1-3-4-2;1-2-3-4;3-1(6)5-2(4)7/h3-4H,1-2H2;2H,1H2;(H5,3,4,5,6,7). The summed E-state index contributed by atoms with van der Waals surface area (Å²) in [6.07, 6.45) is 4.46. The van der Waals surface area contributed by atoms with E-state index in [1.165, 1.54) is 6.08 Å². The fourth-order valence-electron chi connectivity index (χ4n) is 0.121. The Morgan fingerprint density at radius 2 is 1.40 bits per heavy atom. The number of rotatable bonds is 1. The van der Waals surface area contributed by atoms with Crippen LogP contribution in [0.4, 0.5) is 9.59 Å². The zero-order valence-corrected chi connectivity index (χ0v) is 8.27. The molecule has 15 heavy (non-hydrogen) atoms. The van der Waals surface area contributed by atoms with Gasteiger partial charge in [-0.3, -0.25) is 5.32 Å². The van der Waals surface area contributed by atoms with Crippen LogP contribution in [-0.4, -0.2) is 12.1 Å². The summed E-state index contributed by atoms with van der Waals surface area (Å²) < 4.78 is 0. The number of amides is 4. The summed E-state index contributed by atoms with van der Waals surface area (Å²) in [4.78, 5) is 19.2. The van der Waals surface area contributed by atoms with Crippen LogP contribution in [0.3, 0.4) is 0 Å². The highest BCUT2D eigenvalue weighted by atomic mass is 16.2. The number of primary amides is 2. The van der Waals surface area contributed by atoms with E-state index in [1.807, 2.05) is 0 Å². The van der Waals surface area contributed by atoms with Gasteiger partial charge < -0.3 is 11.5 Å². The molecule has 6 nitrogen and oxygen atoms in total. The van der Waals surface area contributed by atoms with Gasteiger partial charge in [0.05, 0.1) is 6.07 Å². The molecule has 0 radical (unpaired) electrons. The molecule has 0 atom stereocenters. The van der Waals surface area contributed by atoms with Crippen molar-refractivity contribution in [2.75, 3.05) is 0 Å². The molecule has 82 valence electrons. The molecule has 0 aliphatic heterocycles. The van der Waals surface area contributed by atoms with E-state index in [9.17, 15) is 9.59 Å². The number of nitriles is 1. The molecule has 0 saturated heterocycles. The van der Waals surface area contributed by atoms with Crippen molar-refractivity contribution in [1.82, 2.24) is 5.32 Å². The maximum Gasteiger partial charge on any atom is 0.320 e. The number of nitrogens with one attached hydrogen (secondary N) is 1. The average Bonchev–Trinajstić information content (AvgIpc) is 2.16. The summed E-state index contributed by atoms with van der Waals surface area (Å²) in [5.41, 5.74) is 8.88. The number of hydrogen-bond acceptors (Lipinski definition) is 3. The predicted molar refractivity (Wildman–Crippen MR) is 58.5 cm³/mol. The van der Waals surface area contributed by atoms with Gasteiger partial charge in [0, 0.05) is 6.08 Å². The van der Waals surface area contributed by atoms with Gasteiger partial charge in [-0.05, 0) is 0 Å². The third kappa shape index (κ3) is 85.9. The van der Waals surface area contributed by atoms with E-state index in [1.54, 1.807) is 23.5 Å². The molecular weight excluding hydrogens is 196 g/mol. The van der Waals surface area contributed by atoms with Gasteiger partial charge in [0.1, 0.15) is 0 Å². The first-order valence-electron chi connectivity index (χ1n) is 3.56. The number of allylic oxidation sites excluding steroid dienone is 3. The number of hydrogen-bond donors (Lipinski definition) is 3. The lowest BCUT2D eigenvalue weighted by Gasteiger charge is -1.88. The van der Waals surface area contributed by atoms with Crippen LogP contribution < -0.4 is 16.8 Å². The van der Waals surface area contributed by atoms with Crippen molar-refractivity contribution < 1.29 is 9.59 Å². The van der Waals surface area contributed by atoms with Crippen molar-refractivity contribution in [3.63, 3.8) is 0 Å². The number of carbonyl (C=O) groups is 2. The fourth-order valence-corrected chi connectivity index (χ4v) is 0.121. The minimum atomic E-state index is -0.938. The van der Waals surface area contributed by atoms with Gasteiger partial charge in [-0.2, -0.15) is 5.26 Å². The normalized spacial score (nSPS) is 5.80. The van der Waals surface area contributed by atoms with Crippen LogP contribution in [-0.2, 0) is 0 Å². The SMILES string of the molecule is C=CC#N.C=CC=C.NC(=O)NC(N)=O. The van der Waals surface area contributed by atoms with Crippen molar-refractivity contribution >= 4 is 12.1 Å². The van der Waals surface area contributed by atoms with Crippen molar-refractivity contribution in [2.24, 2.45) is 11.5 Å². The summed E-state index contributed by atoms with van der Waals surface area (Å²) in [6, 6.07) is -0.181. The molecule has 5 N–H and O–H groups in total. The van der Waals surface area contributed by atoms with E-state index in [0.717, 1.165) is 0 Å². The van der Waals surface area contributed by atoms with Crippen LogP contribution in [0.25, 0.3) is 0 Å². The summed E-state index contributed by atoms with van der Waals surface area (Å²) in [6.45, 7) is 9.84. The van der Waals surface area contributed by atoms with Gasteiger partial charge in [-0.25, -0.2) is 9.59 Å². The number of carbonyl (C=O) groups excluding carboxylic acids is 2. The van der Waals surface area contributed by atoms with Crippen LogP contribution in [0.1, 0.15) is 0 Å². The highest BCUT2D eigenvalue weighted by Crippen LogP contribution is 1.52. The lowest BCUT2D eigenvalue weighted by atomic mass is 10.6. The molecule has 0 bridgehead atoms. The molecule has 0 aromatic rings. The van der Waals surface area contributed by atoms with E-state index in [4.69, 9.17) is 5.26 Å². The lowest BCUT2D eigenvalue weighted by molar-refractivity contribution is 0.236. The Kier molecular flexibility index (Phi) is 21.3. The topological polar surface area (TPSA) is 122 Å². The molecule has 0 aliphatic carbocycles. The quantitative estimate of drug-likeness (QED) is 0.438. The molecule has 0 fully saturated rings. The minimum Gasteiger partial charge on any atom is -0.351 e. The van der Waals surface area contributed by atoms with Crippen molar-refractivity contribution in [1.29, 1.82) is 5.26 Å². The first-order valence-corrected chi connectivity index (χ1v) is 3.56. The van der Waals surface area contributed by atoms with E-state index < -0.39 is 12.1 Å². The molecule has 0 rings (SSSR count). The minimum absolute atomic E-state index is 0.937. The summed E-state index contributed by atoms with van der Waals surface area (Å²) in [7, 11) is 0. The van der Waals surface area contributed by atoms with E-state index >= 15 is 0 Å². The van der Waals surface area contributed by atoms with Crippen LogP contribution in [0.2, 0.25) is 0 Å². The molecule has 6 heteroatoms. The molecule has 4 amide bonds. The van der Waals surface area contributed by atoms with E-state index in [2.05, 4.69) is 31.2 Å². The Bertz CT molecular complexity index is 248. The zero-order chi connectivity index (χ0) is 12.7. The number of urea groups is 2. The van der Waals surface area contributed by atoms with Crippen LogP contribution in [0, 0.1) is 11.3 Å². The molecule has 0 aliphatic rings. The highest BCUT2D eigenvalue weighted by molar-refractivity contribution is 5.91. The summed E-state index contributed by atoms with van der Waals surface area (Å²) in [5, 5.41) is 9.09. The van der Waals surface area contributed by atoms with Crippen LogP contribution in [0.5, 0.6) is 0 Å². The van der Waals surface area contributed by atoms with Gasteiger partial charge in [-0.15, -0.1) is 0 Å². The van der Waals surface area contributed by atoms with Gasteiger partial charge >= 0.3 is 12.1 Å². The Balaban J connectivity index is -0.000000155. The monoisotopic (exact) mass is 210 g/mol. The second-order valence-electron chi connectivity index (χ2n) is 1.66. The zero-order valence-electron chi connectivity index (χ0n) is 8.27. The molecule has 0 saturated carbocycles. The lowest BCUT2D eigenvalue weighted by Crippen LogP contribution is -2.38. The first-order chi connectivity index (χ1) is 6.95. The van der Waals surface area contributed by atoms with Crippen LogP contribution in [0.15, 0.2) is 38.0 Å². The number of nitrogens with two attached hydrogens (primary N) is 2. The average molecular weight is 210 g/mol. The second kappa shape index (κ2) is 17.5. The molecular formula is C9H14N4O2. The summed E-state index contributed by atoms with van der Waals surface area (Å²) in [5.74, 6) is 0. The highest BCUT2D eigenvalue weighted by Gasteiger charge is 1.92. The predicted octanol–water partition coefficient (Wildman–Crippen LogP) is 0.788. The van der Waals surface area contributed by atoms with Gasteiger partial charge in [0.2, 0.25) is 0 Å².